The number of ketones is 1. The first-order valence-corrected chi connectivity index (χ1v) is 12.6. The number of aliphatic hydroxyl groups is 1. The van der Waals surface area contributed by atoms with Gasteiger partial charge >= 0.3 is 0 Å². The van der Waals surface area contributed by atoms with Crippen molar-refractivity contribution in [1.82, 2.24) is 0 Å². The van der Waals surface area contributed by atoms with Crippen molar-refractivity contribution in [3.05, 3.63) is 12.2 Å². The normalized spacial score (nSPS) is 47.6. The van der Waals surface area contributed by atoms with Gasteiger partial charge in [0.1, 0.15) is 5.60 Å². The zero-order chi connectivity index (χ0) is 21.0. The molecule has 29 heavy (non-hydrogen) atoms. The predicted octanol–water partition coefficient (Wildman–Crippen LogP) is 6.57. The van der Waals surface area contributed by atoms with Gasteiger partial charge in [-0.1, -0.05) is 60.0 Å². The second kappa shape index (κ2) is 7.50. The van der Waals surface area contributed by atoms with Crippen molar-refractivity contribution in [2.45, 2.75) is 104 Å². The van der Waals surface area contributed by atoms with Crippen LogP contribution in [0.15, 0.2) is 12.2 Å². The molecule has 0 aliphatic heterocycles. The van der Waals surface area contributed by atoms with E-state index >= 15 is 0 Å². The summed E-state index contributed by atoms with van der Waals surface area (Å²) in [6.45, 7) is 12.1. The van der Waals surface area contributed by atoms with Crippen LogP contribution < -0.4 is 0 Å². The molecule has 0 bridgehead atoms. The van der Waals surface area contributed by atoms with Crippen LogP contribution >= 0.6 is 0 Å². The van der Waals surface area contributed by atoms with Gasteiger partial charge in [0, 0.05) is 5.41 Å². The summed E-state index contributed by atoms with van der Waals surface area (Å²) in [7, 11) is 0. The molecular weight excluding hydrogens is 356 g/mol. The maximum absolute atomic E-state index is 12.7. The zero-order valence-electron chi connectivity index (χ0n) is 19.5. The fraction of sp³-hybridized carbons (Fsp3) is 0.889. The van der Waals surface area contributed by atoms with Gasteiger partial charge in [-0.25, -0.2) is 0 Å². The first-order valence-electron chi connectivity index (χ1n) is 12.6. The molecule has 0 radical (unpaired) electrons. The summed E-state index contributed by atoms with van der Waals surface area (Å²) < 4.78 is 0. The molecule has 4 rings (SSSR count). The van der Waals surface area contributed by atoms with Gasteiger partial charge < -0.3 is 5.11 Å². The summed E-state index contributed by atoms with van der Waals surface area (Å²) in [5.41, 5.74) is -0.901. The Kier molecular flexibility index (Phi) is 5.59. The quantitative estimate of drug-likeness (QED) is 0.567. The summed E-state index contributed by atoms with van der Waals surface area (Å²) in [6.07, 6.45) is 15.7. The lowest BCUT2D eigenvalue weighted by atomic mass is 9.43. The Morgan fingerprint density at radius 3 is 2.52 bits per heavy atom. The van der Waals surface area contributed by atoms with Gasteiger partial charge in [0.25, 0.3) is 0 Å². The molecule has 2 heteroatoms. The topological polar surface area (TPSA) is 37.3 Å². The monoisotopic (exact) mass is 400 g/mol. The molecule has 3 fully saturated rings. The number of carbonyl (C=O) groups excluding carboxylic acids is 1. The lowest BCUT2D eigenvalue weighted by Crippen LogP contribution is -2.64. The highest BCUT2D eigenvalue weighted by atomic mass is 16.3. The van der Waals surface area contributed by atoms with E-state index in [1.54, 1.807) is 6.08 Å². The molecule has 0 heterocycles. The van der Waals surface area contributed by atoms with Gasteiger partial charge in [0.05, 0.1) is 0 Å². The molecule has 164 valence electrons. The fourth-order valence-electron chi connectivity index (χ4n) is 8.75. The van der Waals surface area contributed by atoms with E-state index in [-0.39, 0.29) is 11.2 Å². The van der Waals surface area contributed by atoms with Crippen molar-refractivity contribution in [3.63, 3.8) is 0 Å². The maximum Gasteiger partial charge on any atom is 0.187 e. The predicted molar refractivity (Wildman–Crippen MR) is 119 cm³/mol. The van der Waals surface area contributed by atoms with E-state index in [1.807, 2.05) is 6.08 Å². The summed E-state index contributed by atoms with van der Waals surface area (Å²) in [4.78, 5) is 12.7. The number of hydrogen-bond acceptors (Lipinski definition) is 2. The van der Waals surface area contributed by atoms with E-state index in [0.717, 1.165) is 36.5 Å². The number of allylic oxidation sites excluding steroid dienone is 1. The fourth-order valence-corrected chi connectivity index (χ4v) is 8.75. The third-order valence-electron chi connectivity index (χ3n) is 10.5. The molecule has 0 amide bonds. The third-order valence-corrected chi connectivity index (χ3v) is 10.5. The molecule has 4 aliphatic rings. The SMILES string of the molecule is CC(C)CCC[C@@H](C)[C@H]1CC[C@H]2[C@@H]3CC[C@@]4(O)C(=O)C=CC[C@]4(C)[C@H]3CC[C@]12C. The van der Waals surface area contributed by atoms with Crippen LogP contribution in [0.2, 0.25) is 0 Å². The summed E-state index contributed by atoms with van der Waals surface area (Å²) in [5.74, 6) is 4.48. The van der Waals surface area contributed by atoms with Gasteiger partial charge in [0.15, 0.2) is 5.78 Å². The summed E-state index contributed by atoms with van der Waals surface area (Å²) in [6, 6.07) is 0. The average Bonchev–Trinajstić information content (AvgIpc) is 3.01. The van der Waals surface area contributed by atoms with Crippen molar-refractivity contribution < 1.29 is 9.90 Å². The van der Waals surface area contributed by atoms with Crippen LogP contribution in [-0.2, 0) is 4.79 Å². The van der Waals surface area contributed by atoms with E-state index < -0.39 is 5.60 Å². The number of carbonyl (C=O) groups is 1. The van der Waals surface area contributed by atoms with E-state index in [4.69, 9.17) is 0 Å². The van der Waals surface area contributed by atoms with Gasteiger partial charge in [-0.15, -0.1) is 0 Å². The van der Waals surface area contributed by atoms with Crippen molar-refractivity contribution in [3.8, 4) is 0 Å². The molecule has 4 aliphatic carbocycles. The average molecular weight is 401 g/mol. The van der Waals surface area contributed by atoms with E-state index in [0.29, 0.717) is 23.7 Å². The Hall–Kier alpha value is -0.630. The van der Waals surface area contributed by atoms with Crippen LogP contribution in [0.3, 0.4) is 0 Å². The van der Waals surface area contributed by atoms with Crippen molar-refractivity contribution in [2.24, 2.45) is 46.3 Å². The highest BCUT2D eigenvalue weighted by Crippen LogP contribution is 2.68. The van der Waals surface area contributed by atoms with E-state index in [2.05, 4.69) is 34.6 Å². The molecule has 0 aromatic rings. The minimum absolute atomic E-state index is 0.0268. The van der Waals surface area contributed by atoms with E-state index in [9.17, 15) is 9.90 Å². The number of hydrogen-bond donors (Lipinski definition) is 1. The number of fused-ring (bicyclic) bond motifs is 5. The minimum atomic E-state index is -1.11. The highest BCUT2D eigenvalue weighted by molar-refractivity contribution is 5.98. The lowest BCUT2D eigenvalue weighted by Gasteiger charge is -2.62. The molecule has 0 spiro atoms. The first-order chi connectivity index (χ1) is 13.6. The zero-order valence-corrected chi connectivity index (χ0v) is 19.5. The minimum Gasteiger partial charge on any atom is -0.381 e. The Morgan fingerprint density at radius 2 is 1.79 bits per heavy atom. The van der Waals surface area contributed by atoms with Crippen LogP contribution in [-0.4, -0.2) is 16.5 Å². The van der Waals surface area contributed by atoms with Crippen LogP contribution in [0.25, 0.3) is 0 Å². The second-order valence-corrected chi connectivity index (χ2v) is 12.2. The second-order valence-electron chi connectivity index (χ2n) is 12.2. The van der Waals surface area contributed by atoms with Crippen LogP contribution in [0.1, 0.15) is 98.8 Å². The molecule has 8 atom stereocenters. The maximum atomic E-state index is 12.7. The van der Waals surface area contributed by atoms with Crippen LogP contribution in [0.4, 0.5) is 0 Å². The Balaban J connectivity index is 1.52. The summed E-state index contributed by atoms with van der Waals surface area (Å²) in [5, 5.41) is 11.4. The number of rotatable bonds is 5. The molecule has 2 nitrogen and oxygen atoms in total. The lowest BCUT2D eigenvalue weighted by molar-refractivity contribution is -0.191. The van der Waals surface area contributed by atoms with Gasteiger partial charge in [-0.3, -0.25) is 4.79 Å². The molecule has 3 saturated carbocycles. The third kappa shape index (κ3) is 3.19. The Morgan fingerprint density at radius 1 is 1.03 bits per heavy atom. The van der Waals surface area contributed by atoms with E-state index in [1.165, 1.54) is 44.9 Å². The Bertz CT molecular complexity index is 665. The van der Waals surface area contributed by atoms with Gasteiger partial charge in [-0.2, -0.15) is 0 Å². The molecule has 0 saturated heterocycles. The molecule has 0 unspecified atom stereocenters. The first kappa shape index (κ1) is 21.6. The van der Waals surface area contributed by atoms with Crippen LogP contribution in [0.5, 0.6) is 0 Å². The molecular formula is C27H44O2. The van der Waals surface area contributed by atoms with Crippen LogP contribution in [0, 0.1) is 46.3 Å². The van der Waals surface area contributed by atoms with Crippen molar-refractivity contribution in [1.29, 1.82) is 0 Å². The molecule has 0 aromatic carbocycles. The smallest absolute Gasteiger partial charge is 0.187 e. The Labute approximate surface area is 178 Å². The largest absolute Gasteiger partial charge is 0.381 e. The summed E-state index contributed by atoms with van der Waals surface area (Å²) >= 11 is 0. The van der Waals surface area contributed by atoms with Gasteiger partial charge in [0.2, 0.25) is 0 Å². The highest BCUT2D eigenvalue weighted by Gasteiger charge is 2.65. The molecule has 1 N–H and O–H groups in total. The molecule has 0 aromatic heterocycles. The standard InChI is InChI=1S/C27H44O2/c1-18(2)8-6-9-19(3)21-11-12-22-20-13-17-27(29)24(28)10-7-15-26(27,5)23(20)14-16-25(21,22)4/h7,10,18-23,29H,6,8-9,11-17H2,1-5H3/t19-,20+,21-,22+,23+,25-,26-,27-/m1/s1. The van der Waals surface area contributed by atoms with Gasteiger partial charge in [-0.05, 0) is 91.9 Å². The van der Waals surface area contributed by atoms with Crippen molar-refractivity contribution >= 4 is 5.78 Å². The van der Waals surface area contributed by atoms with Crippen molar-refractivity contribution in [2.75, 3.05) is 0 Å².